The van der Waals surface area contributed by atoms with Crippen molar-refractivity contribution in [3.63, 3.8) is 0 Å². The number of pyridine rings is 1. The Kier molecular flexibility index (Phi) is 6.02. The number of hydrogen-bond donors (Lipinski definition) is 0. The van der Waals surface area contributed by atoms with Crippen molar-refractivity contribution < 1.29 is 43.9 Å². The van der Waals surface area contributed by atoms with Crippen LogP contribution in [-0.2, 0) is 16.2 Å². The zero-order valence-electron chi connectivity index (χ0n) is 13.9. The quantitative estimate of drug-likeness (QED) is 0.526. The lowest BCUT2D eigenvalue weighted by Crippen LogP contribution is -2.46. The maximum Gasteiger partial charge on any atom is 0.501 e. The summed E-state index contributed by atoms with van der Waals surface area (Å²) in [4.78, 5) is 15.8. The minimum absolute atomic E-state index is 0.00775. The average molecular weight is 442 g/mol. The molecule has 156 valence electrons. The van der Waals surface area contributed by atoms with Crippen molar-refractivity contribution in [3.05, 3.63) is 70.6 Å². The number of rotatable bonds is 4. The second-order valence-electron chi connectivity index (χ2n) is 5.36. The van der Waals surface area contributed by atoms with Gasteiger partial charge in [0.25, 0.3) is 15.9 Å². The van der Waals surface area contributed by atoms with Gasteiger partial charge in [-0.1, -0.05) is 6.07 Å². The zero-order chi connectivity index (χ0) is 22.0. The van der Waals surface area contributed by atoms with Gasteiger partial charge in [0.2, 0.25) is 0 Å². The van der Waals surface area contributed by atoms with E-state index in [0.29, 0.717) is 12.1 Å². The summed E-state index contributed by atoms with van der Waals surface area (Å²) >= 11 is 0. The highest BCUT2D eigenvalue weighted by molar-refractivity contribution is 7.92. The first-order valence-corrected chi connectivity index (χ1v) is 8.85. The van der Waals surface area contributed by atoms with Gasteiger partial charge in [0.05, 0.1) is 16.5 Å². The number of nitrogens with zero attached hydrogens (tertiary/aromatic N) is 2. The molecule has 13 heteroatoms. The fourth-order valence-corrected chi connectivity index (χ4v) is 3.19. The average Bonchev–Trinajstić information content (AvgIpc) is 2.58. The van der Waals surface area contributed by atoms with Crippen LogP contribution in [0.4, 0.5) is 30.7 Å². The third-order valence-corrected chi connectivity index (χ3v) is 4.67. The molecule has 5 nitrogen and oxygen atoms in total. The molecule has 2 aromatic rings. The number of amides is 1. The molecule has 1 aromatic carbocycles. The van der Waals surface area contributed by atoms with Crippen LogP contribution >= 0.6 is 0 Å². The Morgan fingerprint density at radius 3 is 2.24 bits per heavy atom. The van der Waals surface area contributed by atoms with Crippen molar-refractivity contribution in [1.82, 2.24) is 9.29 Å². The molecule has 0 fully saturated rings. The molecule has 0 bridgehead atoms. The number of benzene rings is 1. The third kappa shape index (κ3) is 5.31. The second-order valence-corrected chi connectivity index (χ2v) is 7.03. The lowest BCUT2D eigenvalue weighted by molar-refractivity contribution is -0.193. The molecule has 0 N–H and O–H groups in total. The van der Waals surface area contributed by atoms with Gasteiger partial charge in [-0.25, -0.2) is 12.8 Å². The number of hydrogen-bond acceptors (Lipinski definition) is 4. The van der Waals surface area contributed by atoms with Gasteiger partial charge < -0.3 is 0 Å². The summed E-state index contributed by atoms with van der Waals surface area (Å²) in [7, 11) is -5.61. The molecule has 0 radical (unpaired) electrons. The molecule has 0 spiro atoms. The van der Waals surface area contributed by atoms with Crippen molar-refractivity contribution in [2.45, 2.75) is 12.5 Å². The van der Waals surface area contributed by atoms with Crippen molar-refractivity contribution in [2.75, 3.05) is 0 Å². The van der Waals surface area contributed by atoms with Crippen LogP contribution in [0.3, 0.4) is 0 Å². The molecule has 2 rings (SSSR count). The van der Waals surface area contributed by atoms with E-state index in [-0.39, 0.29) is 23.1 Å². The van der Waals surface area contributed by atoms with E-state index in [1.165, 1.54) is 18.3 Å². The van der Waals surface area contributed by atoms with Crippen LogP contribution in [-0.4, -0.2) is 29.9 Å². The minimum atomic E-state index is -5.90. The van der Waals surface area contributed by atoms with E-state index in [9.17, 15) is 43.9 Å². The molecule has 1 heterocycles. The Labute approximate surface area is 159 Å². The van der Waals surface area contributed by atoms with Crippen LogP contribution in [0.15, 0.2) is 48.1 Å². The molecule has 0 saturated carbocycles. The van der Waals surface area contributed by atoms with E-state index >= 15 is 0 Å². The molecule has 29 heavy (non-hydrogen) atoms. The summed E-state index contributed by atoms with van der Waals surface area (Å²) < 4.78 is 115. The summed E-state index contributed by atoms with van der Waals surface area (Å²) in [6.07, 6.45) is -8.26. The smallest absolute Gasteiger partial charge is 0.268 e. The van der Waals surface area contributed by atoms with Crippen LogP contribution in [0.1, 0.15) is 21.5 Å². The van der Waals surface area contributed by atoms with Crippen LogP contribution in [0.5, 0.6) is 0 Å². The molecule has 1 aromatic heterocycles. The Morgan fingerprint density at radius 1 is 1.07 bits per heavy atom. The molecule has 0 atom stereocenters. The first-order valence-electron chi connectivity index (χ1n) is 7.35. The Bertz CT molecular complexity index is 1030. The highest BCUT2D eigenvalue weighted by Crippen LogP contribution is 2.35. The number of sulfonamides is 1. The molecule has 0 saturated heterocycles. The third-order valence-electron chi connectivity index (χ3n) is 3.30. The maximum absolute atomic E-state index is 13.3. The van der Waals surface area contributed by atoms with Crippen LogP contribution in [0, 0.1) is 5.82 Å². The van der Waals surface area contributed by atoms with Crippen molar-refractivity contribution in [2.24, 2.45) is 0 Å². The molecule has 0 aliphatic heterocycles. The fraction of sp³-hybridized carbons (Fsp3) is 0.125. The van der Waals surface area contributed by atoms with E-state index in [0.717, 1.165) is 6.20 Å². The molecular formula is C16H9F7N2O3S. The standard InChI is InChI=1S/C16H9F7N2O3S/c17-11-3-4-12(13(8-11)15(18,19)20)14(26)25(16(21,22)23)29(27,28)7-5-10-2-1-6-24-9-10/h1-9H. The summed E-state index contributed by atoms with van der Waals surface area (Å²) in [6.45, 7) is 0. The van der Waals surface area contributed by atoms with Gasteiger partial charge in [-0.3, -0.25) is 9.78 Å². The summed E-state index contributed by atoms with van der Waals surface area (Å²) in [6, 6.07) is 2.84. The van der Waals surface area contributed by atoms with E-state index in [1.54, 1.807) is 0 Å². The van der Waals surface area contributed by atoms with E-state index < -0.39 is 49.7 Å². The normalized spacial score (nSPS) is 12.9. The lowest BCUT2D eigenvalue weighted by atomic mass is 10.1. The largest absolute Gasteiger partial charge is 0.501 e. The topological polar surface area (TPSA) is 67.3 Å². The molecule has 0 aliphatic carbocycles. The summed E-state index contributed by atoms with van der Waals surface area (Å²) in [5.41, 5.74) is -3.69. The number of carbonyl (C=O) groups is 1. The lowest BCUT2D eigenvalue weighted by Gasteiger charge is -2.24. The maximum atomic E-state index is 13.3. The number of halogens is 7. The highest BCUT2D eigenvalue weighted by atomic mass is 32.2. The molecule has 0 aliphatic rings. The number of alkyl halides is 6. The van der Waals surface area contributed by atoms with Gasteiger partial charge in [-0.2, -0.15) is 13.2 Å². The Morgan fingerprint density at radius 2 is 1.72 bits per heavy atom. The highest BCUT2D eigenvalue weighted by Gasteiger charge is 2.50. The summed E-state index contributed by atoms with van der Waals surface area (Å²) in [5.74, 6) is -4.02. The molecule has 1 amide bonds. The van der Waals surface area contributed by atoms with Gasteiger partial charge in [0.1, 0.15) is 5.82 Å². The first-order chi connectivity index (χ1) is 13.2. The second kappa shape index (κ2) is 7.81. The predicted molar refractivity (Wildman–Crippen MR) is 85.8 cm³/mol. The van der Waals surface area contributed by atoms with Crippen LogP contribution < -0.4 is 0 Å². The SMILES string of the molecule is O=C(c1ccc(F)cc1C(F)(F)F)N(C(F)(F)F)S(=O)(=O)C=Cc1cccnc1. The van der Waals surface area contributed by atoms with E-state index in [1.807, 2.05) is 0 Å². The predicted octanol–water partition coefficient (Wildman–Crippen LogP) is 4.20. The fourth-order valence-electron chi connectivity index (χ4n) is 2.12. The molecule has 0 unspecified atom stereocenters. The molecular weight excluding hydrogens is 433 g/mol. The van der Waals surface area contributed by atoms with E-state index in [4.69, 9.17) is 0 Å². The number of carbonyl (C=O) groups excluding carboxylic acids is 1. The van der Waals surface area contributed by atoms with Gasteiger partial charge in [-0.05, 0) is 35.9 Å². The Hall–Kier alpha value is -2.96. The van der Waals surface area contributed by atoms with Crippen LogP contribution in [0.2, 0.25) is 0 Å². The number of aromatic nitrogens is 1. The van der Waals surface area contributed by atoms with Crippen molar-refractivity contribution in [3.8, 4) is 0 Å². The Balaban J connectivity index is 2.57. The zero-order valence-corrected chi connectivity index (χ0v) is 14.7. The van der Waals surface area contributed by atoms with E-state index in [2.05, 4.69) is 4.98 Å². The minimum Gasteiger partial charge on any atom is -0.268 e. The van der Waals surface area contributed by atoms with Gasteiger partial charge in [0.15, 0.2) is 0 Å². The van der Waals surface area contributed by atoms with Crippen molar-refractivity contribution >= 4 is 22.0 Å². The van der Waals surface area contributed by atoms with Crippen LogP contribution in [0.25, 0.3) is 6.08 Å². The van der Waals surface area contributed by atoms with Gasteiger partial charge in [0, 0.05) is 12.4 Å². The van der Waals surface area contributed by atoms with Gasteiger partial charge in [-0.15, -0.1) is 17.5 Å². The van der Waals surface area contributed by atoms with Gasteiger partial charge >= 0.3 is 12.5 Å². The van der Waals surface area contributed by atoms with Crippen molar-refractivity contribution in [1.29, 1.82) is 0 Å². The first kappa shape index (κ1) is 22.3. The summed E-state index contributed by atoms with van der Waals surface area (Å²) in [5, 5.41) is -0.00775. The monoisotopic (exact) mass is 442 g/mol.